The van der Waals surface area contributed by atoms with Crippen LogP contribution in [0.5, 0.6) is 11.5 Å². The summed E-state index contributed by atoms with van der Waals surface area (Å²) in [6, 6.07) is 9.96. The average molecular weight is 765 g/mol. The summed E-state index contributed by atoms with van der Waals surface area (Å²) in [4.78, 5) is 20.4. The zero-order valence-corrected chi connectivity index (χ0v) is 32.7. The zero-order valence-electron chi connectivity index (χ0n) is 32.7. The average Bonchev–Trinajstić information content (AvgIpc) is 3.96. The number of rotatable bonds is 6. The minimum absolute atomic E-state index is 0.0348. The molecule has 0 aromatic heterocycles. The standard InChI is InChI=1S/C48H52N4O5/c1-28-4-8-30(9-5-28)41(55)23-32(53)11-6-29-7-17-42-43(22-29)57-47-38(48(20-21-56-42)18-2-3-19-48)15-16-40(54)34-13-14-35-44-31(24-51-46(35)49)10-12-33(45(34)44)36-25-50-39-27-52(47)26-37(36)39/h4,7-8,13-14,17,22,25-26,28,30-31,33,38,40-41,46-47,51,54-55H,2-3,5-6,9-12,18-19,23-24,27,49H2,1H3. The van der Waals surface area contributed by atoms with Gasteiger partial charge in [0.1, 0.15) is 18.0 Å². The second kappa shape index (κ2) is 14.6. The van der Waals surface area contributed by atoms with E-state index in [1.54, 1.807) is 0 Å². The summed E-state index contributed by atoms with van der Waals surface area (Å²) in [5.74, 6) is 12.2. The molecule has 9 heteroatoms. The molecule has 2 aromatic rings. The van der Waals surface area contributed by atoms with Gasteiger partial charge in [-0.15, -0.1) is 0 Å². The molecule has 5 aliphatic heterocycles. The Bertz CT molecular complexity index is 2240. The van der Waals surface area contributed by atoms with E-state index in [2.05, 4.69) is 65.4 Å². The minimum Gasteiger partial charge on any atom is -0.465 e. The quantitative estimate of drug-likeness (QED) is 0.192. The van der Waals surface area contributed by atoms with Crippen molar-refractivity contribution >= 4 is 11.5 Å². The van der Waals surface area contributed by atoms with E-state index in [0.717, 1.165) is 85.9 Å². The third-order valence-corrected chi connectivity index (χ3v) is 14.2. The van der Waals surface area contributed by atoms with Crippen molar-refractivity contribution in [2.24, 2.45) is 33.9 Å². The summed E-state index contributed by atoms with van der Waals surface area (Å²) < 4.78 is 13.3. The number of aliphatic hydroxyl groups excluding tert-OH is 2. The molecule has 2 bridgehead atoms. The highest BCUT2D eigenvalue weighted by molar-refractivity contribution is 6.09. The first-order chi connectivity index (χ1) is 27.7. The molecule has 8 aliphatic rings. The molecule has 1 fully saturated rings. The number of Topliss-reactive ketones (excluding diaryl/α,β-unsaturated/α-hetero) is 1. The van der Waals surface area contributed by atoms with Crippen molar-refractivity contribution in [2.75, 3.05) is 13.1 Å². The Kier molecular flexibility index (Phi) is 9.42. The third-order valence-electron chi connectivity index (χ3n) is 14.2. The number of aryl methyl sites for hydroxylation is 1. The lowest BCUT2D eigenvalue weighted by Crippen LogP contribution is -2.47. The fraction of sp³-hybridized carbons (Fsp3) is 0.500. The number of ether oxygens (including phenoxy) is 2. The van der Waals surface area contributed by atoms with Crippen LogP contribution in [-0.4, -0.2) is 52.0 Å². The van der Waals surface area contributed by atoms with Crippen LogP contribution in [-0.2, 0) is 11.2 Å². The number of carbonyl (C=O) groups excluding carboxylic acids is 1. The molecule has 0 radical (unpaired) electrons. The van der Waals surface area contributed by atoms with E-state index in [9.17, 15) is 15.0 Å². The fourth-order valence-electron chi connectivity index (χ4n) is 11.0. The van der Waals surface area contributed by atoms with Crippen molar-refractivity contribution < 1.29 is 24.5 Å². The smallest absolute Gasteiger partial charge is 0.187 e. The summed E-state index contributed by atoms with van der Waals surface area (Å²) in [5, 5.41) is 26.5. The van der Waals surface area contributed by atoms with Crippen molar-refractivity contribution in [1.82, 2.24) is 10.2 Å². The first-order valence-electron chi connectivity index (χ1n) is 21.2. The van der Waals surface area contributed by atoms with Crippen LogP contribution in [0, 0.1) is 47.0 Å². The topological polar surface area (TPSA) is 130 Å². The van der Waals surface area contributed by atoms with Crippen LogP contribution in [0.3, 0.4) is 0 Å². The van der Waals surface area contributed by atoms with Crippen molar-refractivity contribution in [3.8, 4) is 35.4 Å². The Morgan fingerprint density at radius 2 is 1.93 bits per heavy atom. The molecule has 2 aromatic carbocycles. The highest BCUT2D eigenvalue weighted by Crippen LogP contribution is 2.53. The Labute approximate surface area is 335 Å². The van der Waals surface area contributed by atoms with Crippen molar-refractivity contribution in [2.45, 2.75) is 114 Å². The summed E-state index contributed by atoms with van der Waals surface area (Å²) in [5.41, 5.74) is 14.8. The molecule has 9 atom stereocenters. The highest BCUT2D eigenvalue weighted by atomic mass is 16.5. The van der Waals surface area contributed by atoms with Gasteiger partial charge in [-0.1, -0.05) is 67.9 Å². The van der Waals surface area contributed by atoms with Crippen LogP contribution in [0.1, 0.15) is 123 Å². The number of nitrogens with two attached hydrogens (primary N) is 1. The van der Waals surface area contributed by atoms with Gasteiger partial charge in [-0.05, 0) is 102 Å². The Morgan fingerprint density at radius 3 is 2.77 bits per heavy atom. The highest BCUT2D eigenvalue weighted by Gasteiger charge is 2.49. The van der Waals surface area contributed by atoms with E-state index < -0.39 is 29.8 Å². The Hall–Kier alpha value is -4.64. The Balaban J connectivity index is 1.01. The van der Waals surface area contributed by atoms with Gasteiger partial charge in [-0.3, -0.25) is 15.1 Å². The van der Waals surface area contributed by atoms with Crippen molar-refractivity contribution in [1.29, 1.82) is 0 Å². The predicted octanol–water partition coefficient (Wildman–Crippen LogP) is 6.59. The second-order valence-electron chi connectivity index (χ2n) is 17.7. The van der Waals surface area contributed by atoms with E-state index >= 15 is 0 Å². The molecule has 3 aliphatic carbocycles. The number of allylic oxidation sites excluding steroid dienone is 2. The van der Waals surface area contributed by atoms with Crippen LogP contribution >= 0.6 is 0 Å². The van der Waals surface area contributed by atoms with Gasteiger partial charge >= 0.3 is 0 Å². The molecule has 0 saturated heterocycles. The number of aliphatic hydroxyl groups is 2. The molecule has 1 saturated carbocycles. The first kappa shape index (κ1) is 36.7. The van der Waals surface area contributed by atoms with Gasteiger partial charge in [0, 0.05) is 49.2 Å². The van der Waals surface area contributed by atoms with E-state index in [1.165, 1.54) is 16.7 Å². The van der Waals surface area contributed by atoms with Gasteiger partial charge in [-0.25, -0.2) is 0 Å². The van der Waals surface area contributed by atoms with Crippen LogP contribution in [0.2, 0.25) is 0 Å². The predicted molar refractivity (Wildman–Crippen MR) is 218 cm³/mol. The van der Waals surface area contributed by atoms with E-state index in [0.29, 0.717) is 42.7 Å². The largest absolute Gasteiger partial charge is 0.465 e. The maximum atomic E-state index is 13.1. The monoisotopic (exact) mass is 764 g/mol. The number of carbonyl (C=O) groups is 1. The number of aliphatic imine (C=N–C) groups is 1. The van der Waals surface area contributed by atoms with Gasteiger partial charge in [0.15, 0.2) is 17.7 Å². The van der Waals surface area contributed by atoms with E-state index in [-0.39, 0.29) is 30.2 Å². The summed E-state index contributed by atoms with van der Waals surface area (Å²) >= 11 is 0. The first-order valence-corrected chi connectivity index (χ1v) is 21.2. The normalized spacial score (nSPS) is 31.6. The maximum Gasteiger partial charge on any atom is 0.187 e. The molecule has 0 amide bonds. The van der Waals surface area contributed by atoms with Gasteiger partial charge in [0.05, 0.1) is 35.9 Å². The number of benzene rings is 2. The minimum atomic E-state index is -1.01. The lowest BCUT2D eigenvalue weighted by molar-refractivity contribution is -0.121. The fourth-order valence-corrected chi connectivity index (χ4v) is 11.0. The summed E-state index contributed by atoms with van der Waals surface area (Å²) in [7, 11) is 0. The molecule has 5 heterocycles. The molecule has 1 spiro atoms. The SMILES string of the molecule is CC1C=CC(C(O)CC(=O)CCc2ccc3c(c2)OC2C(C#CC(O)c4ccc5c6c4C(CCC6CNC5N)C4=CN=C5CN2C=C45)C2(C#CO3)CCCC2)CC1. The van der Waals surface area contributed by atoms with Crippen LogP contribution in [0.15, 0.2) is 71.0 Å². The number of fused-ring (bicyclic) bond motifs is 6. The van der Waals surface area contributed by atoms with Gasteiger partial charge in [-0.2, -0.15) is 0 Å². The van der Waals surface area contributed by atoms with Gasteiger partial charge in [0.2, 0.25) is 0 Å². The molecule has 5 N–H and O–H groups in total. The number of nitrogens with one attached hydrogen (secondary N) is 1. The number of nitrogens with zero attached hydrogens (tertiary/aromatic N) is 2. The molecular formula is C48H52N4O5. The van der Waals surface area contributed by atoms with E-state index in [1.807, 2.05) is 30.5 Å². The van der Waals surface area contributed by atoms with Gasteiger partial charge < -0.3 is 30.3 Å². The van der Waals surface area contributed by atoms with Crippen LogP contribution < -0.4 is 20.5 Å². The van der Waals surface area contributed by atoms with Crippen LogP contribution in [0.4, 0.5) is 0 Å². The molecular weight excluding hydrogens is 713 g/mol. The number of hydrogen-bond acceptors (Lipinski definition) is 9. The van der Waals surface area contributed by atoms with E-state index in [4.69, 9.17) is 20.2 Å². The molecule has 9 nitrogen and oxygen atoms in total. The summed E-state index contributed by atoms with van der Waals surface area (Å²) in [6.45, 7) is 3.57. The third kappa shape index (κ3) is 6.54. The molecule has 9 unspecified atom stereocenters. The zero-order chi connectivity index (χ0) is 38.8. The Morgan fingerprint density at radius 1 is 1.07 bits per heavy atom. The number of ketones is 1. The lowest BCUT2D eigenvalue weighted by atomic mass is 9.67. The molecule has 10 rings (SSSR count). The van der Waals surface area contributed by atoms with Gasteiger partial charge in [0.25, 0.3) is 0 Å². The summed E-state index contributed by atoms with van der Waals surface area (Å²) in [6.07, 6.45) is 17.8. The molecule has 57 heavy (non-hydrogen) atoms. The second-order valence-corrected chi connectivity index (χ2v) is 17.7. The van der Waals surface area contributed by atoms with Crippen molar-refractivity contribution in [3.05, 3.63) is 93.8 Å². The van der Waals surface area contributed by atoms with Crippen LogP contribution in [0.25, 0.3) is 0 Å². The molecule has 294 valence electrons. The number of hydrogen-bond donors (Lipinski definition) is 4. The maximum absolute atomic E-state index is 13.1. The van der Waals surface area contributed by atoms with Crippen molar-refractivity contribution in [3.63, 3.8) is 0 Å². The lowest BCUT2D eigenvalue weighted by Gasteiger charge is -2.41.